The van der Waals surface area contributed by atoms with Crippen LogP contribution in [0, 0.1) is 0 Å². The molecule has 1 aliphatic heterocycles. The average Bonchev–Trinajstić information content (AvgIpc) is 3.06. The zero-order valence-electron chi connectivity index (χ0n) is 14.1. The van der Waals surface area contributed by atoms with Gasteiger partial charge in [0.2, 0.25) is 10.0 Å². The van der Waals surface area contributed by atoms with E-state index in [0.717, 1.165) is 22.4 Å². The highest BCUT2D eigenvalue weighted by atomic mass is 79.9. The maximum absolute atomic E-state index is 12.8. The van der Waals surface area contributed by atoms with E-state index in [1.807, 2.05) is 30.6 Å². The first kappa shape index (κ1) is 17.7. The fraction of sp³-hybridized carbons (Fsp3) is 0.278. The van der Waals surface area contributed by atoms with Gasteiger partial charge >= 0.3 is 0 Å². The molecule has 0 saturated carbocycles. The van der Waals surface area contributed by atoms with Crippen LogP contribution in [0.4, 0.5) is 0 Å². The second kappa shape index (κ2) is 7.11. The van der Waals surface area contributed by atoms with Crippen molar-refractivity contribution in [3.8, 4) is 0 Å². The molecule has 1 fully saturated rings. The molecule has 0 amide bonds. The van der Waals surface area contributed by atoms with E-state index in [1.54, 1.807) is 28.6 Å². The Morgan fingerprint density at radius 3 is 2.46 bits per heavy atom. The molecule has 8 heteroatoms. The van der Waals surface area contributed by atoms with Crippen LogP contribution in [0.5, 0.6) is 0 Å². The van der Waals surface area contributed by atoms with Gasteiger partial charge in [-0.1, -0.05) is 22.0 Å². The lowest BCUT2D eigenvalue weighted by Gasteiger charge is -2.33. The maximum Gasteiger partial charge on any atom is 0.243 e. The van der Waals surface area contributed by atoms with Gasteiger partial charge in [-0.2, -0.15) is 4.31 Å². The lowest BCUT2D eigenvalue weighted by atomic mass is 10.3. The van der Waals surface area contributed by atoms with Crippen molar-refractivity contribution in [2.45, 2.75) is 11.4 Å². The van der Waals surface area contributed by atoms with Gasteiger partial charge in [0.25, 0.3) is 0 Å². The summed E-state index contributed by atoms with van der Waals surface area (Å²) in [6.45, 7) is 3.16. The molecule has 136 valence electrons. The first-order valence-electron chi connectivity index (χ1n) is 8.43. The summed E-state index contributed by atoms with van der Waals surface area (Å²) in [5.74, 6) is 0. The van der Waals surface area contributed by atoms with E-state index in [9.17, 15) is 8.42 Å². The van der Waals surface area contributed by atoms with E-state index in [-0.39, 0.29) is 0 Å². The van der Waals surface area contributed by atoms with Crippen molar-refractivity contribution in [2.75, 3.05) is 26.2 Å². The predicted molar refractivity (Wildman–Crippen MR) is 103 cm³/mol. The van der Waals surface area contributed by atoms with E-state index in [0.29, 0.717) is 31.1 Å². The fourth-order valence-electron chi connectivity index (χ4n) is 3.21. The Kier molecular flexibility index (Phi) is 4.83. The summed E-state index contributed by atoms with van der Waals surface area (Å²) in [6.07, 6.45) is 3.90. The van der Waals surface area contributed by atoms with E-state index >= 15 is 0 Å². The number of imidazole rings is 1. The molecule has 4 rings (SSSR count). The van der Waals surface area contributed by atoms with Crippen molar-refractivity contribution in [2.24, 2.45) is 0 Å². The number of rotatable bonds is 4. The monoisotopic (exact) mass is 434 g/mol. The molecule has 3 heterocycles. The van der Waals surface area contributed by atoms with Crippen LogP contribution in [0.15, 0.2) is 64.2 Å². The van der Waals surface area contributed by atoms with Crippen molar-refractivity contribution >= 4 is 31.6 Å². The van der Waals surface area contributed by atoms with Crippen molar-refractivity contribution in [1.29, 1.82) is 0 Å². The summed E-state index contributed by atoms with van der Waals surface area (Å²) in [5.41, 5.74) is 2.05. The quantitative estimate of drug-likeness (QED) is 0.632. The molecule has 3 aromatic rings. The topological polar surface area (TPSA) is 57.9 Å². The van der Waals surface area contributed by atoms with Crippen LogP contribution < -0.4 is 0 Å². The lowest BCUT2D eigenvalue weighted by Crippen LogP contribution is -2.48. The molecule has 0 atom stereocenters. The van der Waals surface area contributed by atoms with Crippen LogP contribution in [0.3, 0.4) is 0 Å². The molecule has 26 heavy (non-hydrogen) atoms. The highest BCUT2D eigenvalue weighted by molar-refractivity contribution is 9.10. The summed E-state index contributed by atoms with van der Waals surface area (Å²) in [7, 11) is -3.43. The zero-order chi connectivity index (χ0) is 18.1. The van der Waals surface area contributed by atoms with Gasteiger partial charge in [0.05, 0.1) is 16.8 Å². The number of sulfonamides is 1. The second-order valence-electron chi connectivity index (χ2n) is 6.31. The van der Waals surface area contributed by atoms with Gasteiger partial charge in [0.1, 0.15) is 5.65 Å². The van der Waals surface area contributed by atoms with Crippen LogP contribution in [-0.2, 0) is 16.6 Å². The van der Waals surface area contributed by atoms with Crippen LogP contribution in [-0.4, -0.2) is 53.2 Å². The summed E-state index contributed by atoms with van der Waals surface area (Å²) in [4.78, 5) is 7.02. The number of halogens is 1. The van der Waals surface area contributed by atoms with Gasteiger partial charge in [0, 0.05) is 43.4 Å². The largest absolute Gasteiger partial charge is 0.303 e. The number of pyridine rings is 1. The Hall–Kier alpha value is -1.74. The van der Waals surface area contributed by atoms with Crippen molar-refractivity contribution in [1.82, 2.24) is 18.6 Å². The van der Waals surface area contributed by atoms with Crippen LogP contribution in [0.1, 0.15) is 5.69 Å². The Balaban J connectivity index is 1.43. The van der Waals surface area contributed by atoms with Gasteiger partial charge < -0.3 is 4.40 Å². The molecule has 1 saturated heterocycles. The highest BCUT2D eigenvalue weighted by Gasteiger charge is 2.28. The van der Waals surface area contributed by atoms with E-state index in [1.165, 1.54) is 0 Å². The van der Waals surface area contributed by atoms with Crippen molar-refractivity contribution < 1.29 is 8.42 Å². The number of hydrogen-bond donors (Lipinski definition) is 0. The van der Waals surface area contributed by atoms with Crippen molar-refractivity contribution in [3.63, 3.8) is 0 Å². The molecule has 0 N–H and O–H groups in total. The molecule has 2 aromatic heterocycles. The third-order valence-electron chi connectivity index (χ3n) is 4.66. The van der Waals surface area contributed by atoms with Crippen LogP contribution in [0.2, 0.25) is 0 Å². The number of nitrogens with zero attached hydrogens (tertiary/aromatic N) is 4. The summed E-state index contributed by atoms with van der Waals surface area (Å²) in [6, 6.07) is 12.7. The SMILES string of the molecule is O=S(=O)(c1ccc(Br)cc1)N1CCN(Cc2cnc3ccccn23)CC1. The Bertz CT molecular complexity index is 1010. The maximum atomic E-state index is 12.8. The smallest absolute Gasteiger partial charge is 0.243 e. The fourth-order valence-corrected chi connectivity index (χ4v) is 4.90. The number of aromatic nitrogens is 2. The number of piperazine rings is 1. The average molecular weight is 435 g/mol. The molecule has 6 nitrogen and oxygen atoms in total. The second-order valence-corrected chi connectivity index (χ2v) is 9.17. The van der Waals surface area contributed by atoms with Crippen LogP contribution >= 0.6 is 15.9 Å². The van der Waals surface area contributed by atoms with Gasteiger partial charge in [-0.05, 0) is 36.4 Å². The van der Waals surface area contributed by atoms with Gasteiger partial charge in [-0.15, -0.1) is 0 Å². The van der Waals surface area contributed by atoms with Crippen molar-refractivity contribution in [3.05, 3.63) is 65.0 Å². The minimum atomic E-state index is -3.43. The van der Waals surface area contributed by atoms with Crippen LogP contribution in [0.25, 0.3) is 5.65 Å². The Morgan fingerprint density at radius 1 is 1.00 bits per heavy atom. The number of fused-ring (bicyclic) bond motifs is 1. The molecular weight excluding hydrogens is 416 g/mol. The number of benzene rings is 1. The van der Waals surface area contributed by atoms with Gasteiger partial charge in [0.15, 0.2) is 0 Å². The molecule has 0 unspecified atom stereocenters. The lowest BCUT2D eigenvalue weighted by molar-refractivity contribution is 0.179. The predicted octanol–water partition coefficient (Wildman–Crippen LogP) is 2.60. The minimum Gasteiger partial charge on any atom is -0.303 e. The first-order valence-corrected chi connectivity index (χ1v) is 10.7. The summed E-state index contributed by atoms with van der Waals surface area (Å²) < 4.78 is 30.1. The molecule has 0 spiro atoms. The molecule has 0 bridgehead atoms. The molecule has 1 aromatic carbocycles. The number of hydrogen-bond acceptors (Lipinski definition) is 4. The first-order chi connectivity index (χ1) is 12.5. The third-order valence-corrected chi connectivity index (χ3v) is 7.10. The normalized spacial score (nSPS) is 17.0. The molecule has 0 aliphatic carbocycles. The van der Waals surface area contributed by atoms with E-state index < -0.39 is 10.0 Å². The Labute approximate surface area is 161 Å². The third kappa shape index (κ3) is 3.42. The van der Waals surface area contributed by atoms with Gasteiger partial charge in [-0.3, -0.25) is 4.90 Å². The molecule has 1 aliphatic rings. The summed E-state index contributed by atoms with van der Waals surface area (Å²) >= 11 is 3.34. The van der Waals surface area contributed by atoms with E-state index in [2.05, 4.69) is 30.2 Å². The zero-order valence-corrected chi connectivity index (χ0v) is 16.5. The molecule has 0 radical (unpaired) electrons. The molecular formula is C18H19BrN4O2S. The van der Waals surface area contributed by atoms with Gasteiger partial charge in [-0.25, -0.2) is 13.4 Å². The Morgan fingerprint density at radius 2 is 1.73 bits per heavy atom. The summed E-state index contributed by atoms with van der Waals surface area (Å²) in [5, 5.41) is 0. The highest BCUT2D eigenvalue weighted by Crippen LogP contribution is 2.20. The van der Waals surface area contributed by atoms with E-state index in [4.69, 9.17) is 0 Å². The standard InChI is InChI=1S/C18H19BrN4O2S/c19-15-4-6-17(7-5-15)26(24,25)22-11-9-21(10-12-22)14-16-13-20-18-3-1-2-8-23(16)18/h1-8,13H,9-12,14H2. The minimum absolute atomic E-state index is 0.343.